The number of hydrogen-bond donors (Lipinski definition) is 1. The third kappa shape index (κ3) is 2.03. The van der Waals surface area contributed by atoms with Crippen LogP contribution in [0.2, 0.25) is 0 Å². The summed E-state index contributed by atoms with van der Waals surface area (Å²) in [6.45, 7) is 3.43. The minimum absolute atomic E-state index is 0.151. The average molecular weight is 252 g/mol. The van der Waals surface area contributed by atoms with E-state index in [9.17, 15) is 13.2 Å². The van der Waals surface area contributed by atoms with Gasteiger partial charge in [-0.3, -0.25) is 4.79 Å². The second-order valence-electron chi connectivity index (χ2n) is 3.84. The van der Waals surface area contributed by atoms with Crippen LogP contribution in [0.4, 0.5) is 0 Å². The first-order valence-corrected chi connectivity index (χ1v) is 6.46. The maximum atomic E-state index is 12.2. The highest BCUT2D eigenvalue weighted by Crippen LogP contribution is 2.14. The summed E-state index contributed by atoms with van der Waals surface area (Å²) >= 11 is 0. The van der Waals surface area contributed by atoms with Crippen LogP contribution in [0, 0.1) is 13.8 Å². The van der Waals surface area contributed by atoms with Crippen LogP contribution in [0.25, 0.3) is 0 Å². The van der Waals surface area contributed by atoms with Crippen molar-refractivity contribution < 1.29 is 8.42 Å². The maximum Gasteiger partial charge on any atom is 0.281 e. The first kappa shape index (κ1) is 11.7. The first-order valence-electron chi connectivity index (χ1n) is 5.02. The van der Waals surface area contributed by atoms with Crippen molar-refractivity contribution >= 4 is 10.0 Å². The van der Waals surface area contributed by atoms with Gasteiger partial charge in [0.15, 0.2) is 0 Å². The molecule has 0 amide bonds. The lowest BCUT2D eigenvalue weighted by Crippen LogP contribution is -2.17. The summed E-state index contributed by atoms with van der Waals surface area (Å²) in [6.07, 6.45) is 0. The number of aromatic nitrogens is 2. The summed E-state index contributed by atoms with van der Waals surface area (Å²) in [5.74, 6) is 0. The Morgan fingerprint density at radius 3 is 2.18 bits per heavy atom. The van der Waals surface area contributed by atoms with Gasteiger partial charge in [0.1, 0.15) is 0 Å². The second-order valence-corrected chi connectivity index (χ2v) is 5.63. The fourth-order valence-electron chi connectivity index (χ4n) is 1.53. The highest BCUT2D eigenvalue weighted by molar-refractivity contribution is 7.89. The Hall–Kier alpha value is -1.82. The van der Waals surface area contributed by atoms with E-state index in [1.54, 1.807) is 19.1 Å². The summed E-state index contributed by atoms with van der Waals surface area (Å²) in [5, 5.41) is 2.27. The standard InChI is InChI=1S/C11H12N2O3S/c1-8-3-5-10(6-4-8)17(15,16)13-9(2)7-11(14)12-13/h3-7H,1-2H3,(H,12,14). The third-order valence-corrected chi connectivity index (χ3v) is 4.16. The molecular formula is C11H12N2O3S. The number of hydrogen-bond acceptors (Lipinski definition) is 3. The minimum Gasteiger partial charge on any atom is -0.268 e. The Morgan fingerprint density at radius 1 is 1.12 bits per heavy atom. The largest absolute Gasteiger partial charge is 0.281 e. The van der Waals surface area contributed by atoms with E-state index in [1.807, 2.05) is 6.92 Å². The zero-order valence-corrected chi connectivity index (χ0v) is 10.3. The molecule has 1 aromatic carbocycles. The van der Waals surface area contributed by atoms with Crippen molar-refractivity contribution in [2.24, 2.45) is 0 Å². The Morgan fingerprint density at radius 2 is 1.71 bits per heavy atom. The molecule has 0 aliphatic carbocycles. The smallest absolute Gasteiger partial charge is 0.268 e. The van der Waals surface area contributed by atoms with Gasteiger partial charge in [-0.25, -0.2) is 5.10 Å². The summed E-state index contributed by atoms with van der Waals surface area (Å²) in [7, 11) is -3.70. The first-order chi connectivity index (χ1) is 7.91. The molecule has 0 radical (unpaired) electrons. The normalized spacial score (nSPS) is 11.6. The minimum atomic E-state index is -3.70. The van der Waals surface area contributed by atoms with Gasteiger partial charge in [-0.05, 0) is 26.0 Å². The lowest BCUT2D eigenvalue weighted by molar-refractivity contribution is 0.577. The second kappa shape index (κ2) is 3.89. The molecule has 0 aliphatic rings. The number of H-pyrrole nitrogens is 1. The number of aromatic amines is 1. The van der Waals surface area contributed by atoms with Crippen LogP contribution < -0.4 is 5.56 Å². The van der Waals surface area contributed by atoms with E-state index in [1.165, 1.54) is 18.2 Å². The Balaban J connectivity index is 2.61. The lowest BCUT2D eigenvalue weighted by atomic mass is 10.2. The Labute approximate surface area is 98.7 Å². The van der Waals surface area contributed by atoms with Crippen molar-refractivity contribution in [3.05, 3.63) is 51.9 Å². The van der Waals surface area contributed by atoms with Gasteiger partial charge < -0.3 is 0 Å². The van der Waals surface area contributed by atoms with Crippen LogP contribution in [-0.2, 0) is 10.0 Å². The summed E-state index contributed by atoms with van der Waals surface area (Å²) < 4.78 is 25.2. The summed E-state index contributed by atoms with van der Waals surface area (Å²) in [5.41, 5.74) is 0.899. The molecule has 6 heteroatoms. The van der Waals surface area contributed by atoms with Crippen LogP contribution in [0.15, 0.2) is 40.0 Å². The highest BCUT2D eigenvalue weighted by atomic mass is 32.2. The molecule has 0 saturated heterocycles. The van der Waals surface area contributed by atoms with Crippen LogP contribution in [0.5, 0.6) is 0 Å². The maximum absolute atomic E-state index is 12.2. The molecule has 1 N–H and O–H groups in total. The topological polar surface area (TPSA) is 71.9 Å². The van der Waals surface area contributed by atoms with E-state index in [0.717, 1.165) is 9.65 Å². The monoisotopic (exact) mass is 252 g/mol. The third-order valence-electron chi connectivity index (χ3n) is 2.43. The Kier molecular flexibility index (Phi) is 2.66. The quantitative estimate of drug-likeness (QED) is 0.867. The van der Waals surface area contributed by atoms with Crippen molar-refractivity contribution in [2.75, 3.05) is 0 Å². The fraction of sp³-hybridized carbons (Fsp3) is 0.182. The predicted octanol–water partition coefficient (Wildman–Crippen LogP) is 1.03. The van der Waals surface area contributed by atoms with Gasteiger partial charge in [0, 0.05) is 6.07 Å². The molecule has 1 aromatic heterocycles. The summed E-state index contributed by atoms with van der Waals surface area (Å²) in [6, 6.07) is 7.70. The molecule has 0 fully saturated rings. The molecule has 5 nitrogen and oxygen atoms in total. The molecule has 0 bridgehead atoms. The number of nitrogens with zero attached hydrogens (tertiary/aromatic N) is 1. The number of rotatable bonds is 2. The van der Waals surface area contributed by atoms with Gasteiger partial charge in [0.05, 0.1) is 10.6 Å². The van der Waals surface area contributed by atoms with E-state index < -0.39 is 15.6 Å². The molecule has 0 saturated carbocycles. The van der Waals surface area contributed by atoms with Gasteiger partial charge in [0.2, 0.25) is 0 Å². The van der Waals surface area contributed by atoms with E-state index in [-0.39, 0.29) is 4.90 Å². The van der Waals surface area contributed by atoms with Crippen LogP contribution in [0.1, 0.15) is 11.3 Å². The molecule has 90 valence electrons. The van der Waals surface area contributed by atoms with E-state index in [2.05, 4.69) is 5.10 Å². The van der Waals surface area contributed by atoms with Gasteiger partial charge in [-0.15, -0.1) is 0 Å². The van der Waals surface area contributed by atoms with E-state index in [0.29, 0.717) is 5.69 Å². The molecule has 0 unspecified atom stereocenters. The van der Waals surface area contributed by atoms with E-state index in [4.69, 9.17) is 0 Å². The van der Waals surface area contributed by atoms with Crippen LogP contribution in [-0.4, -0.2) is 17.6 Å². The summed E-state index contributed by atoms with van der Waals surface area (Å²) in [4.78, 5) is 11.3. The zero-order valence-electron chi connectivity index (χ0n) is 9.47. The van der Waals surface area contributed by atoms with Crippen LogP contribution >= 0.6 is 0 Å². The number of aryl methyl sites for hydroxylation is 2. The average Bonchev–Trinajstić information content (AvgIpc) is 2.59. The number of benzene rings is 1. The molecule has 0 aliphatic heterocycles. The zero-order chi connectivity index (χ0) is 12.6. The van der Waals surface area contributed by atoms with Crippen molar-refractivity contribution in [2.45, 2.75) is 18.7 Å². The molecule has 0 spiro atoms. The van der Waals surface area contributed by atoms with Gasteiger partial charge in [-0.1, -0.05) is 17.7 Å². The van der Waals surface area contributed by atoms with Crippen molar-refractivity contribution in [1.29, 1.82) is 0 Å². The number of nitrogens with one attached hydrogen (secondary N) is 1. The van der Waals surface area contributed by atoms with Gasteiger partial charge in [-0.2, -0.15) is 12.5 Å². The van der Waals surface area contributed by atoms with Crippen molar-refractivity contribution in [1.82, 2.24) is 9.19 Å². The predicted molar refractivity (Wildman–Crippen MR) is 63.6 cm³/mol. The van der Waals surface area contributed by atoms with E-state index >= 15 is 0 Å². The highest BCUT2D eigenvalue weighted by Gasteiger charge is 2.18. The Bertz CT molecular complexity index is 693. The molecule has 17 heavy (non-hydrogen) atoms. The van der Waals surface area contributed by atoms with Gasteiger partial charge in [0.25, 0.3) is 15.6 Å². The van der Waals surface area contributed by atoms with Gasteiger partial charge >= 0.3 is 0 Å². The van der Waals surface area contributed by atoms with Crippen molar-refractivity contribution in [3.63, 3.8) is 0 Å². The molecular weight excluding hydrogens is 240 g/mol. The lowest BCUT2D eigenvalue weighted by Gasteiger charge is -2.07. The fourth-order valence-corrected chi connectivity index (χ4v) is 2.87. The molecule has 0 atom stereocenters. The van der Waals surface area contributed by atoms with Crippen molar-refractivity contribution in [3.8, 4) is 0 Å². The molecule has 2 rings (SSSR count). The SMILES string of the molecule is Cc1ccc(S(=O)(=O)n2[nH]c(=O)cc2C)cc1. The van der Waals surface area contributed by atoms with Crippen LogP contribution in [0.3, 0.4) is 0 Å². The molecule has 1 heterocycles. The molecule has 2 aromatic rings.